The highest BCUT2D eigenvalue weighted by atomic mass is 32.1. The Balaban J connectivity index is 1.82. The Bertz CT molecular complexity index is 538. The van der Waals surface area contributed by atoms with E-state index in [9.17, 15) is 19.5 Å². The number of amides is 2. The van der Waals surface area contributed by atoms with Crippen LogP contribution in [0.25, 0.3) is 0 Å². The monoisotopic (exact) mass is 338 g/mol. The van der Waals surface area contributed by atoms with Gasteiger partial charge in [0, 0.05) is 6.54 Å². The number of thiophene rings is 1. The SMILES string of the molecule is O=C(N[C@@H](CO)C(=O)NCC1CCCCC1)C(=O)c1cccs1. The van der Waals surface area contributed by atoms with Crippen molar-refractivity contribution in [3.8, 4) is 0 Å². The first-order valence-electron chi connectivity index (χ1n) is 7.89. The third kappa shape index (κ3) is 5.14. The maximum atomic E-state index is 12.1. The third-order valence-corrected chi connectivity index (χ3v) is 4.91. The van der Waals surface area contributed by atoms with Crippen LogP contribution in [0.15, 0.2) is 17.5 Å². The summed E-state index contributed by atoms with van der Waals surface area (Å²) in [6, 6.07) is 2.12. The summed E-state index contributed by atoms with van der Waals surface area (Å²) in [5, 5.41) is 16.1. The molecule has 1 heterocycles. The number of hydrogen-bond acceptors (Lipinski definition) is 5. The molecule has 0 saturated heterocycles. The van der Waals surface area contributed by atoms with Crippen molar-refractivity contribution in [2.45, 2.75) is 38.1 Å². The van der Waals surface area contributed by atoms with Crippen LogP contribution in [0.3, 0.4) is 0 Å². The molecule has 126 valence electrons. The Morgan fingerprint density at radius 3 is 2.61 bits per heavy atom. The maximum Gasteiger partial charge on any atom is 0.293 e. The minimum Gasteiger partial charge on any atom is -0.394 e. The van der Waals surface area contributed by atoms with Gasteiger partial charge in [-0.25, -0.2) is 0 Å². The van der Waals surface area contributed by atoms with Gasteiger partial charge in [-0.05, 0) is 30.2 Å². The van der Waals surface area contributed by atoms with Crippen LogP contribution < -0.4 is 10.6 Å². The van der Waals surface area contributed by atoms with Gasteiger partial charge in [-0.15, -0.1) is 11.3 Å². The molecule has 23 heavy (non-hydrogen) atoms. The molecule has 1 saturated carbocycles. The van der Waals surface area contributed by atoms with E-state index >= 15 is 0 Å². The molecule has 0 aliphatic heterocycles. The average Bonchev–Trinajstić information content (AvgIpc) is 3.12. The fourth-order valence-corrected chi connectivity index (χ4v) is 3.36. The zero-order valence-electron chi connectivity index (χ0n) is 12.9. The van der Waals surface area contributed by atoms with Gasteiger partial charge >= 0.3 is 0 Å². The second kappa shape index (κ2) is 8.79. The van der Waals surface area contributed by atoms with Crippen LogP contribution in [0.4, 0.5) is 0 Å². The second-order valence-corrected chi connectivity index (χ2v) is 6.71. The number of carbonyl (C=O) groups excluding carboxylic acids is 3. The fourth-order valence-electron chi connectivity index (χ4n) is 2.70. The highest BCUT2D eigenvalue weighted by molar-refractivity contribution is 7.13. The summed E-state index contributed by atoms with van der Waals surface area (Å²) < 4.78 is 0. The van der Waals surface area contributed by atoms with Gasteiger partial charge in [-0.1, -0.05) is 25.3 Å². The Kier molecular flexibility index (Phi) is 6.73. The number of aliphatic hydroxyl groups excluding tert-OH is 1. The van der Waals surface area contributed by atoms with Crippen molar-refractivity contribution < 1.29 is 19.5 Å². The predicted octanol–water partition coefficient (Wildman–Crippen LogP) is 1.10. The Morgan fingerprint density at radius 1 is 1.26 bits per heavy atom. The molecule has 0 aromatic carbocycles. The summed E-state index contributed by atoms with van der Waals surface area (Å²) in [4.78, 5) is 36.1. The molecule has 0 spiro atoms. The summed E-state index contributed by atoms with van der Waals surface area (Å²) in [7, 11) is 0. The molecule has 0 radical (unpaired) electrons. The first kappa shape index (κ1) is 17.6. The highest BCUT2D eigenvalue weighted by Crippen LogP contribution is 2.22. The largest absolute Gasteiger partial charge is 0.394 e. The van der Waals surface area contributed by atoms with Crippen LogP contribution in [-0.2, 0) is 9.59 Å². The summed E-state index contributed by atoms with van der Waals surface area (Å²) in [5.74, 6) is -1.57. The topological polar surface area (TPSA) is 95.5 Å². The van der Waals surface area contributed by atoms with Crippen LogP contribution in [0, 0.1) is 5.92 Å². The van der Waals surface area contributed by atoms with Crippen molar-refractivity contribution in [2.75, 3.05) is 13.2 Å². The molecule has 0 bridgehead atoms. The lowest BCUT2D eigenvalue weighted by Gasteiger charge is -2.23. The van der Waals surface area contributed by atoms with Crippen LogP contribution >= 0.6 is 11.3 Å². The summed E-state index contributed by atoms with van der Waals surface area (Å²) in [6.07, 6.45) is 5.78. The molecular formula is C16H22N2O4S. The lowest BCUT2D eigenvalue weighted by molar-refractivity contribution is -0.128. The number of ketones is 1. The molecule has 2 amide bonds. The molecule has 1 fully saturated rings. The van der Waals surface area contributed by atoms with Gasteiger partial charge in [0.2, 0.25) is 5.91 Å². The Hall–Kier alpha value is -1.73. The first-order valence-corrected chi connectivity index (χ1v) is 8.77. The average molecular weight is 338 g/mol. The smallest absolute Gasteiger partial charge is 0.293 e. The van der Waals surface area contributed by atoms with Crippen molar-refractivity contribution in [1.29, 1.82) is 0 Å². The molecule has 7 heteroatoms. The van der Waals surface area contributed by atoms with Crippen molar-refractivity contribution in [2.24, 2.45) is 5.92 Å². The van der Waals surface area contributed by atoms with E-state index in [4.69, 9.17) is 0 Å². The Labute approximate surface area is 139 Å². The van der Waals surface area contributed by atoms with Crippen molar-refractivity contribution >= 4 is 28.9 Å². The van der Waals surface area contributed by atoms with Gasteiger partial charge in [-0.2, -0.15) is 0 Å². The fraction of sp³-hybridized carbons (Fsp3) is 0.562. The van der Waals surface area contributed by atoms with E-state index in [-0.39, 0.29) is 0 Å². The van der Waals surface area contributed by atoms with Gasteiger partial charge in [0.05, 0.1) is 11.5 Å². The normalized spacial score (nSPS) is 16.6. The minimum absolute atomic E-state index is 0.307. The quantitative estimate of drug-likeness (QED) is 0.512. The summed E-state index contributed by atoms with van der Waals surface area (Å²) in [6.45, 7) is 0.00400. The zero-order valence-corrected chi connectivity index (χ0v) is 13.7. The molecular weight excluding hydrogens is 316 g/mol. The maximum absolute atomic E-state index is 12.1. The number of aliphatic hydroxyl groups is 1. The van der Waals surface area contributed by atoms with E-state index in [1.807, 2.05) is 0 Å². The van der Waals surface area contributed by atoms with Gasteiger partial charge < -0.3 is 15.7 Å². The van der Waals surface area contributed by atoms with Gasteiger partial charge in [0.1, 0.15) is 6.04 Å². The van der Waals surface area contributed by atoms with Crippen LogP contribution in [0.5, 0.6) is 0 Å². The third-order valence-electron chi connectivity index (χ3n) is 4.05. The lowest BCUT2D eigenvalue weighted by atomic mass is 9.89. The molecule has 1 aromatic heterocycles. The second-order valence-electron chi connectivity index (χ2n) is 5.76. The molecule has 0 unspecified atom stereocenters. The van der Waals surface area contributed by atoms with Crippen molar-refractivity contribution in [1.82, 2.24) is 10.6 Å². The van der Waals surface area contributed by atoms with Gasteiger partial charge in [-0.3, -0.25) is 14.4 Å². The van der Waals surface area contributed by atoms with E-state index < -0.39 is 30.2 Å². The molecule has 1 aliphatic rings. The van der Waals surface area contributed by atoms with Crippen LogP contribution in [-0.4, -0.2) is 41.9 Å². The zero-order chi connectivity index (χ0) is 16.7. The van der Waals surface area contributed by atoms with E-state index in [1.165, 1.54) is 19.3 Å². The molecule has 2 rings (SSSR count). The van der Waals surface area contributed by atoms with Crippen LogP contribution in [0.2, 0.25) is 0 Å². The summed E-state index contributed by atoms with van der Waals surface area (Å²) in [5.41, 5.74) is 0. The molecule has 6 nitrogen and oxygen atoms in total. The van der Waals surface area contributed by atoms with E-state index in [0.29, 0.717) is 17.3 Å². The number of nitrogens with one attached hydrogen (secondary N) is 2. The molecule has 1 aromatic rings. The highest BCUT2D eigenvalue weighted by Gasteiger charge is 2.25. The predicted molar refractivity (Wildman–Crippen MR) is 87.3 cm³/mol. The van der Waals surface area contributed by atoms with Gasteiger partial charge in [0.25, 0.3) is 11.7 Å². The van der Waals surface area contributed by atoms with E-state index in [2.05, 4.69) is 10.6 Å². The number of carbonyl (C=O) groups is 3. The van der Waals surface area contributed by atoms with Gasteiger partial charge in [0.15, 0.2) is 0 Å². The van der Waals surface area contributed by atoms with E-state index in [0.717, 1.165) is 24.2 Å². The van der Waals surface area contributed by atoms with Crippen LogP contribution in [0.1, 0.15) is 41.8 Å². The first-order chi connectivity index (χ1) is 11.1. The number of rotatable bonds is 7. The van der Waals surface area contributed by atoms with E-state index in [1.54, 1.807) is 17.5 Å². The standard InChI is InChI=1S/C16H22N2O4S/c19-10-12(15(21)17-9-11-5-2-1-3-6-11)18-16(22)14(20)13-7-4-8-23-13/h4,7-8,11-12,19H,1-3,5-6,9-10H2,(H,17,21)(H,18,22)/t12-/m0/s1. The van der Waals surface area contributed by atoms with Crippen molar-refractivity contribution in [3.05, 3.63) is 22.4 Å². The summed E-state index contributed by atoms with van der Waals surface area (Å²) >= 11 is 1.16. The molecule has 3 N–H and O–H groups in total. The lowest BCUT2D eigenvalue weighted by Crippen LogP contribution is -2.51. The van der Waals surface area contributed by atoms with Crippen molar-refractivity contribution in [3.63, 3.8) is 0 Å². The molecule has 1 aliphatic carbocycles. The Morgan fingerprint density at radius 2 is 2.00 bits per heavy atom. The number of Topliss-reactive ketones (excluding diaryl/α,β-unsaturated/α-hetero) is 1. The number of hydrogen-bond donors (Lipinski definition) is 3. The minimum atomic E-state index is -1.10. The molecule has 1 atom stereocenters.